The third kappa shape index (κ3) is 2.34. The third-order valence-corrected chi connectivity index (χ3v) is 3.02. The van der Waals surface area contributed by atoms with E-state index in [4.69, 9.17) is 16.9 Å². The molecule has 0 bridgehead atoms. The van der Waals surface area contributed by atoms with E-state index in [9.17, 15) is 4.79 Å². The number of hydrogen-bond donors (Lipinski definition) is 3. The summed E-state index contributed by atoms with van der Waals surface area (Å²) in [4.78, 5) is 13.9. The van der Waals surface area contributed by atoms with Gasteiger partial charge in [-0.3, -0.25) is 4.79 Å². The Morgan fingerprint density at radius 1 is 1.44 bits per heavy atom. The molecule has 0 saturated carbocycles. The number of amides is 1. The zero-order chi connectivity index (χ0) is 13.1. The number of nitrogens with two attached hydrogens (primary N) is 2. The molecule has 1 amide bonds. The van der Waals surface area contributed by atoms with Gasteiger partial charge in [0, 0.05) is 32.6 Å². The van der Waals surface area contributed by atoms with E-state index < -0.39 is 0 Å². The van der Waals surface area contributed by atoms with Crippen LogP contribution >= 0.6 is 0 Å². The van der Waals surface area contributed by atoms with Crippen LogP contribution in [0.2, 0.25) is 0 Å². The maximum absolute atomic E-state index is 12.2. The molecule has 0 spiro atoms. The van der Waals surface area contributed by atoms with Crippen LogP contribution in [0, 0.1) is 5.41 Å². The fourth-order valence-electron chi connectivity index (χ4n) is 1.99. The van der Waals surface area contributed by atoms with Crippen molar-refractivity contribution in [3.63, 3.8) is 0 Å². The van der Waals surface area contributed by atoms with Gasteiger partial charge >= 0.3 is 0 Å². The monoisotopic (exact) mass is 248 g/mol. The van der Waals surface area contributed by atoms with Crippen LogP contribution in [0.5, 0.6) is 0 Å². The Balaban J connectivity index is 0.00000180. The minimum atomic E-state index is -0.0747. The SMILES string of the molecule is N=CC1=C(N)CN(C(=O)c2cccc(N)c2)CC1.[HH].[HH]. The van der Waals surface area contributed by atoms with E-state index in [2.05, 4.69) is 0 Å². The molecule has 0 atom stereocenters. The van der Waals surface area contributed by atoms with Gasteiger partial charge in [0.05, 0.1) is 6.54 Å². The molecular weight excluding hydrogens is 228 g/mol. The van der Waals surface area contributed by atoms with E-state index in [-0.39, 0.29) is 8.76 Å². The van der Waals surface area contributed by atoms with Gasteiger partial charge in [0.2, 0.25) is 0 Å². The molecule has 0 aromatic heterocycles. The molecule has 0 fully saturated rings. The largest absolute Gasteiger partial charge is 0.400 e. The van der Waals surface area contributed by atoms with Crippen LogP contribution in [0.15, 0.2) is 35.5 Å². The molecule has 1 aliphatic heterocycles. The fourth-order valence-corrected chi connectivity index (χ4v) is 1.99. The van der Waals surface area contributed by atoms with Crippen molar-refractivity contribution in [2.75, 3.05) is 18.8 Å². The summed E-state index contributed by atoms with van der Waals surface area (Å²) in [6.07, 6.45) is 1.89. The molecule has 0 saturated heterocycles. The summed E-state index contributed by atoms with van der Waals surface area (Å²) in [6.45, 7) is 0.956. The van der Waals surface area contributed by atoms with Gasteiger partial charge in [-0.15, -0.1) is 0 Å². The highest BCUT2D eigenvalue weighted by molar-refractivity contribution is 5.95. The number of nitrogens with one attached hydrogen (secondary N) is 1. The summed E-state index contributed by atoms with van der Waals surface area (Å²) in [6, 6.07) is 6.90. The number of anilines is 1. The number of nitrogen functional groups attached to an aromatic ring is 1. The van der Waals surface area contributed by atoms with Crippen LogP contribution in [-0.2, 0) is 0 Å². The second-order valence-electron chi connectivity index (χ2n) is 4.30. The first-order chi connectivity index (χ1) is 8.61. The molecule has 2 rings (SSSR count). The molecule has 1 aliphatic rings. The molecular formula is C13H20N4O. The normalized spacial score (nSPS) is 15.7. The zero-order valence-electron chi connectivity index (χ0n) is 10.0. The van der Waals surface area contributed by atoms with Crippen molar-refractivity contribution in [2.24, 2.45) is 5.73 Å². The van der Waals surface area contributed by atoms with Gasteiger partial charge in [-0.2, -0.15) is 0 Å². The number of rotatable bonds is 2. The van der Waals surface area contributed by atoms with E-state index >= 15 is 0 Å². The number of nitrogens with zero attached hydrogens (tertiary/aromatic N) is 1. The smallest absolute Gasteiger partial charge is 0.254 e. The van der Waals surface area contributed by atoms with E-state index in [1.54, 1.807) is 29.2 Å². The van der Waals surface area contributed by atoms with Crippen molar-refractivity contribution in [3.05, 3.63) is 41.1 Å². The second-order valence-corrected chi connectivity index (χ2v) is 4.30. The Kier molecular flexibility index (Phi) is 3.32. The van der Waals surface area contributed by atoms with Crippen molar-refractivity contribution in [3.8, 4) is 0 Å². The molecule has 5 N–H and O–H groups in total. The first-order valence-corrected chi connectivity index (χ1v) is 5.74. The van der Waals surface area contributed by atoms with Crippen LogP contribution in [0.25, 0.3) is 0 Å². The van der Waals surface area contributed by atoms with Crippen molar-refractivity contribution in [2.45, 2.75) is 6.42 Å². The second kappa shape index (κ2) is 4.91. The van der Waals surface area contributed by atoms with Crippen LogP contribution in [0.3, 0.4) is 0 Å². The molecule has 0 aliphatic carbocycles. The minimum absolute atomic E-state index is 0. The quantitative estimate of drug-likeness (QED) is 0.546. The van der Waals surface area contributed by atoms with Gasteiger partial charge in [0.25, 0.3) is 5.91 Å². The highest BCUT2D eigenvalue weighted by Crippen LogP contribution is 2.16. The van der Waals surface area contributed by atoms with Crippen LogP contribution in [0.4, 0.5) is 5.69 Å². The van der Waals surface area contributed by atoms with Gasteiger partial charge < -0.3 is 21.8 Å². The molecule has 98 valence electrons. The first kappa shape index (κ1) is 12.2. The van der Waals surface area contributed by atoms with Gasteiger partial charge in [0.1, 0.15) is 0 Å². The lowest BCUT2D eigenvalue weighted by atomic mass is 10.1. The van der Waals surface area contributed by atoms with Crippen molar-refractivity contribution < 1.29 is 7.65 Å². The topological polar surface area (TPSA) is 96.2 Å². The average Bonchev–Trinajstić information content (AvgIpc) is 2.37. The number of carbonyl (C=O) groups excluding carboxylic acids is 1. The van der Waals surface area contributed by atoms with Crippen LogP contribution in [0.1, 0.15) is 19.6 Å². The van der Waals surface area contributed by atoms with Gasteiger partial charge in [-0.05, 0) is 30.2 Å². The highest BCUT2D eigenvalue weighted by Gasteiger charge is 2.21. The summed E-state index contributed by atoms with van der Waals surface area (Å²) in [5.74, 6) is -0.0747. The predicted octanol–water partition coefficient (Wildman–Crippen LogP) is 1.47. The Morgan fingerprint density at radius 3 is 2.83 bits per heavy atom. The van der Waals surface area contributed by atoms with E-state index in [1.807, 2.05) is 0 Å². The molecule has 0 unspecified atom stereocenters. The maximum atomic E-state index is 12.2. The first-order valence-electron chi connectivity index (χ1n) is 5.74. The Morgan fingerprint density at radius 2 is 2.22 bits per heavy atom. The van der Waals surface area contributed by atoms with Crippen molar-refractivity contribution in [1.29, 1.82) is 5.41 Å². The lowest BCUT2D eigenvalue weighted by Gasteiger charge is -2.28. The molecule has 5 heteroatoms. The standard InChI is InChI=1S/C13H16N4O.2H2/c14-7-10-4-5-17(8-12(10)16)13(18)9-2-1-3-11(15)6-9;;/h1-3,6-7,14H,4-5,8,15-16H2;2*1H. The maximum Gasteiger partial charge on any atom is 0.254 e. The van der Waals surface area contributed by atoms with E-state index in [0.717, 1.165) is 5.57 Å². The Hall–Kier alpha value is -2.30. The summed E-state index contributed by atoms with van der Waals surface area (Å²) in [7, 11) is 0. The summed E-state index contributed by atoms with van der Waals surface area (Å²) in [5.41, 5.74) is 14.0. The molecule has 5 nitrogen and oxygen atoms in total. The predicted molar refractivity (Wildman–Crippen MR) is 75.6 cm³/mol. The Bertz CT molecular complexity index is 531. The van der Waals surface area contributed by atoms with Crippen LogP contribution < -0.4 is 11.5 Å². The fraction of sp³-hybridized carbons (Fsp3) is 0.231. The van der Waals surface area contributed by atoms with Crippen LogP contribution in [-0.4, -0.2) is 30.1 Å². The van der Waals surface area contributed by atoms with E-state index in [0.29, 0.717) is 36.5 Å². The molecule has 0 radical (unpaired) electrons. The molecule has 1 aromatic carbocycles. The molecule has 1 heterocycles. The Labute approximate surface area is 109 Å². The third-order valence-electron chi connectivity index (χ3n) is 3.02. The van der Waals surface area contributed by atoms with Crippen molar-refractivity contribution in [1.82, 2.24) is 4.90 Å². The van der Waals surface area contributed by atoms with E-state index in [1.165, 1.54) is 6.21 Å². The zero-order valence-corrected chi connectivity index (χ0v) is 10.0. The summed E-state index contributed by atoms with van der Waals surface area (Å²) in [5, 5.41) is 7.21. The lowest BCUT2D eigenvalue weighted by Crippen LogP contribution is -2.39. The number of hydrogen-bond acceptors (Lipinski definition) is 4. The summed E-state index contributed by atoms with van der Waals surface area (Å²) < 4.78 is 0. The highest BCUT2D eigenvalue weighted by atomic mass is 16.2. The van der Waals surface area contributed by atoms with Gasteiger partial charge in [-0.1, -0.05) is 6.07 Å². The molecule has 1 aromatic rings. The summed E-state index contributed by atoms with van der Waals surface area (Å²) >= 11 is 0. The number of benzene rings is 1. The average molecular weight is 248 g/mol. The number of carbonyl (C=O) groups is 1. The lowest BCUT2D eigenvalue weighted by molar-refractivity contribution is 0.0764. The van der Waals surface area contributed by atoms with Crippen molar-refractivity contribution >= 4 is 17.8 Å². The minimum Gasteiger partial charge on any atom is -0.400 e. The van der Waals surface area contributed by atoms with Gasteiger partial charge in [-0.25, -0.2) is 0 Å². The van der Waals surface area contributed by atoms with Gasteiger partial charge in [0.15, 0.2) is 0 Å². The molecule has 18 heavy (non-hydrogen) atoms.